The van der Waals surface area contributed by atoms with Crippen molar-refractivity contribution in [3.63, 3.8) is 0 Å². The van der Waals surface area contributed by atoms with Crippen LogP contribution in [0.2, 0.25) is 0 Å². The van der Waals surface area contributed by atoms with E-state index in [0.717, 1.165) is 12.0 Å². The van der Waals surface area contributed by atoms with Crippen LogP contribution < -0.4 is 20.9 Å². The first-order chi connectivity index (χ1) is 13.4. The number of hydrazine groups is 1. The van der Waals surface area contributed by atoms with Gasteiger partial charge in [-0.2, -0.15) is 0 Å². The molecule has 0 heterocycles. The van der Waals surface area contributed by atoms with Crippen LogP contribution in [0.4, 0.5) is 0 Å². The van der Waals surface area contributed by atoms with Crippen LogP contribution in [0.25, 0.3) is 0 Å². The van der Waals surface area contributed by atoms with E-state index in [1.165, 1.54) is 0 Å². The molecular formula is C21H25N3O3S. The van der Waals surface area contributed by atoms with Gasteiger partial charge in [0.1, 0.15) is 5.75 Å². The Kier molecular flexibility index (Phi) is 7.95. The molecule has 0 aromatic heterocycles. The van der Waals surface area contributed by atoms with Crippen LogP contribution in [-0.4, -0.2) is 23.5 Å². The summed E-state index contributed by atoms with van der Waals surface area (Å²) in [5.74, 6) is 0.235. The summed E-state index contributed by atoms with van der Waals surface area (Å²) >= 11 is 5.09. The molecule has 0 saturated carbocycles. The van der Waals surface area contributed by atoms with Crippen molar-refractivity contribution in [2.45, 2.75) is 27.2 Å². The highest BCUT2D eigenvalue weighted by Gasteiger charge is 2.14. The van der Waals surface area contributed by atoms with Gasteiger partial charge in [-0.15, -0.1) is 0 Å². The molecule has 0 unspecified atom stereocenters. The lowest BCUT2D eigenvalue weighted by Gasteiger charge is -2.14. The Morgan fingerprint density at radius 2 is 1.68 bits per heavy atom. The van der Waals surface area contributed by atoms with Crippen molar-refractivity contribution >= 4 is 29.1 Å². The second-order valence-electron chi connectivity index (χ2n) is 6.76. The summed E-state index contributed by atoms with van der Waals surface area (Å²) in [4.78, 5) is 24.6. The monoisotopic (exact) mass is 399 g/mol. The molecule has 148 valence electrons. The summed E-state index contributed by atoms with van der Waals surface area (Å²) in [6.45, 7) is 6.68. The molecule has 2 amide bonds. The minimum atomic E-state index is -0.415. The molecular weight excluding hydrogens is 374 g/mol. The Morgan fingerprint density at radius 3 is 2.36 bits per heavy atom. The number of amides is 2. The number of carbonyl (C=O) groups excluding carboxylic acids is 2. The molecule has 0 fully saturated rings. The van der Waals surface area contributed by atoms with Gasteiger partial charge in [0, 0.05) is 5.56 Å². The van der Waals surface area contributed by atoms with E-state index in [2.05, 4.69) is 30.0 Å². The first-order valence-corrected chi connectivity index (χ1v) is 9.48. The Morgan fingerprint density at radius 1 is 1.00 bits per heavy atom. The Bertz CT molecular complexity index is 835. The van der Waals surface area contributed by atoms with Crippen molar-refractivity contribution in [3.05, 3.63) is 65.2 Å². The van der Waals surface area contributed by atoms with Crippen LogP contribution in [-0.2, 0) is 0 Å². The van der Waals surface area contributed by atoms with Gasteiger partial charge < -0.3 is 4.74 Å². The van der Waals surface area contributed by atoms with Crippen molar-refractivity contribution in [2.24, 2.45) is 5.92 Å². The lowest BCUT2D eigenvalue weighted by atomic mass is 10.1. The van der Waals surface area contributed by atoms with Crippen LogP contribution in [0.3, 0.4) is 0 Å². The van der Waals surface area contributed by atoms with E-state index in [4.69, 9.17) is 17.0 Å². The SMILES string of the molecule is Cc1ccc(C(=O)NNC(=S)NC(=O)c2ccccc2OCCC(C)C)cc1. The summed E-state index contributed by atoms with van der Waals surface area (Å²) in [5.41, 5.74) is 6.91. The number of para-hydroxylation sites is 1. The zero-order valence-electron chi connectivity index (χ0n) is 16.2. The average molecular weight is 400 g/mol. The molecule has 2 rings (SSSR count). The smallest absolute Gasteiger partial charge is 0.269 e. The first kappa shape index (κ1) is 21.4. The van der Waals surface area contributed by atoms with E-state index < -0.39 is 5.91 Å². The maximum absolute atomic E-state index is 12.5. The number of thiocarbonyl (C=S) groups is 1. The molecule has 28 heavy (non-hydrogen) atoms. The molecule has 0 spiro atoms. The van der Waals surface area contributed by atoms with E-state index in [0.29, 0.717) is 29.4 Å². The minimum Gasteiger partial charge on any atom is -0.493 e. The fraction of sp³-hybridized carbons (Fsp3) is 0.286. The molecule has 0 atom stereocenters. The third kappa shape index (κ3) is 6.66. The van der Waals surface area contributed by atoms with Crippen LogP contribution in [0.5, 0.6) is 5.75 Å². The number of hydrogen-bond donors (Lipinski definition) is 3. The van der Waals surface area contributed by atoms with Gasteiger partial charge in [0.2, 0.25) is 0 Å². The van der Waals surface area contributed by atoms with E-state index in [9.17, 15) is 9.59 Å². The van der Waals surface area contributed by atoms with Gasteiger partial charge in [0.05, 0.1) is 12.2 Å². The number of aryl methyl sites for hydroxylation is 1. The highest BCUT2D eigenvalue weighted by Crippen LogP contribution is 2.18. The van der Waals surface area contributed by atoms with Gasteiger partial charge in [0.15, 0.2) is 5.11 Å². The molecule has 0 aliphatic rings. The zero-order valence-corrected chi connectivity index (χ0v) is 17.1. The molecule has 0 aliphatic carbocycles. The summed E-state index contributed by atoms with van der Waals surface area (Å²) < 4.78 is 5.72. The zero-order chi connectivity index (χ0) is 20.5. The Balaban J connectivity index is 1.89. The highest BCUT2D eigenvalue weighted by atomic mass is 32.1. The predicted octanol–water partition coefficient (Wildman–Crippen LogP) is 3.37. The number of nitrogens with one attached hydrogen (secondary N) is 3. The van der Waals surface area contributed by atoms with Crippen molar-refractivity contribution in [2.75, 3.05) is 6.61 Å². The molecule has 0 bridgehead atoms. The average Bonchev–Trinajstić information content (AvgIpc) is 2.66. The standard InChI is InChI=1S/C21H25N3O3S/c1-14(2)12-13-27-18-7-5-4-6-17(18)20(26)22-21(28)24-23-19(25)16-10-8-15(3)9-11-16/h4-11,14H,12-13H2,1-3H3,(H,23,25)(H2,22,24,26,28). The second-order valence-corrected chi connectivity index (χ2v) is 7.16. The molecule has 7 heteroatoms. The predicted molar refractivity (Wildman–Crippen MR) is 113 cm³/mol. The quantitative estimate of drug-likeness (QED) is 0.513. The first-order valence-electron chi connectivity index (χ1n) is 9.07. The van der Waals surface area contributed by atoms with Gasteiger partial charge in [0.25, 0.3) is 11.8 Å². The van der Waals surface area contributed by atoms with E-state index in [1.807, 2.05) is 19.1 Å². The van der Waals surface area contributed by atoms with E-state index in [-0.39, 0.29) is 11.0 Å². The Hall–Kier alpha value is -2.93. The third-order valence-corrected chi connectivity index (χ3v) is 4.12. The van der Waals surface area contributed by atoms with Gasteiger partial charge >= 0.3 is 0 Å². The molecule has 6 nitrogen and oxygen atoms in total. The van der Waals surface area contributed by atoms with Crippen molar-refractivity contribution < 1.29 is 14.3 Å². The molecule has 0 aliphatic heterocycles. The maximum atomic E-state index is 12.5. The van der Waals surface area contributed by atoms with Crippen molar-refractivity contribution in [1.82, 2.24) is 16.2 Å². The van der Waals surface area contributed by atoms with Crippen LogP contribution in [0.15, 0.2) is 48.5 Å². The largest absolute Gasteiger partial charge is 0.493 e. The maximum Gasteiger partial charge on any atom is 0.269 e. The van der Waals surface area contributed by atoms with Gasteiger partial charge in [-0.3, -0.25) is 25.8 Å². The second kappa shape index (κ2) is 10.4. The van der Waals surface area contributed by atoms with Crippen LogP contribution in [0.1, 0.15) is 46.5 Å². The molecule has 2 aromatic rings. The fourth-order valence-corrected chi connectivity index (χ4v) is 2.42. The van der Waals surface area contributed by atoms with E-state index >= 15 is 0 Å². The highest BCUT2D eigenvalue weighted by molar-refractivity contribution is 7.80. The van der Waals surface area contributed by atoms with Crippen LogP contribution >= 0.6 is 12.2 Å². The van der Waals surface area contributed by atoms with Gasteiger partial charge in [-0.25, -0.2) is 0 Å². The lowest BCUT2D eigenvalue weighted by Crippen LogP contribution is -2.48. The topological polar surface area (TPSA) is 79.5 Å². The molecule has 0 radical (unpaired) electrons. The van der Waals surface area contributed by atoms with Crippen LogP contribution in [0, 0.1) is 12.8 Å². The lowest BCUT2D eigenvalue weighted by molar-refractivity contribution is 0.0933. The van der Waals surface area contributed by atoms with Gasteiger partial charge in [-0.1, -0.05) is 43.7 Å². The van der Waals surface area contributed by atoms with Crippen molar-refractivity contribution in [1.29, 1.82) is 0 Å². The summed E-state index contributed by atoms with van der Waals surface area (Å²) in [6.07, 6.45) is 0.890. The number of benzene rings is 2. The third-order valence-electron chi connectivity index (χ3n) is 3.91. The number of rotatable bonds is 6. The summed E-state index contributed by atoms with van der Waals surface area (Å²) in [7, 11) is 0. The summed E-state index contributed by atoms with van der Waals surface area (Å²) in [6, 6.07) is 14.0. The number of carbonyl (C=O) groups is 2. The number of hydrogen-bond acceptors (Lipinski definition) is 4. The molecule has 0 saturated heterocycles. The molecule has 2 aromatic carbocycles. The van der Waals surface area contributed by atoms with Crippen molar-refractivity contribution in [3.8, 4) is 5.75 Å². The van der Waals surface area contributed by atoms with E-state index in [1.54, 1.807) is 36.4 Å². The summed E-state index contributed by atoms with van der Waals surface area (Å²) in [5, 5.41) is 2.53. The minimum absolute atomic E-state index is 0.0116. The fourth-order valence-electron chi connectivity index (χ4n) is 2.28. The molecule has 3 N–H and O–H groups in total. The number of ether oxygens (including phenoxy) is 1. The normalized spacial score (nSPS) is 10.3. The Labute approximate surface area is 170 Å². The van der Waals surface area contributed by atoms with Gasteiger partial charge in [-0.05, 0) is 55.7 Å².